The van der Waals surface area contributed by atoms with Gasteiger partial charge in [0.1, 0.15) is 0 Å². The maximum absolute atomic E-state index is 12.0. The van der Waals surface area contributed by atoms with Gasteiger partial charge in [0.25, 0.3) is 0 Å². The molecule has 1 aromatic carbocycles. The average Bonchev–Trinajstić information content (AvgIpc) is 3.34. The normalized spacial score (nSPS) is 29.2. The van der Waals surface area contributed by atoms with Gasteiger partial charge in [-0.25, -0.2) is 0 Å². The number of benzene rings is 1. The summed E-state index contributed by atoms with van der Waals surface area (Å²) in [5, 5.41) is 9.97. The predicted molar refractivity (Wildman–Crippen MR) is 89.1 cm³/mol. The molecule has 1 aliphatic carbocycles. The minimum absolute atomic E-state index is 0.0577. The largest absolute Gasteiger partial charge is 0.395 e. The SMILES string of the molecule is CCC(=O)N1CC2(C1)[C@H](c1ccccc1)[C@@H](CO)N2CC1CC1. The summed E-state index contributed by atoms with van der Waals surface area (Å²) in [5.74, 6) is 1.39. The monoisotopic (exact) mass is 314 g/mol. The van der Waals surface area contributed by atoms with Crippen LogP contribution in [0.3, 0.4) is 0 Å². The van der Waals surface area contributed by atoms with Crippen LogP contribution in [0.5, 0.6) is 0 Å². The third-order valence-electron chi connectivity index (χ3n) is 6.02. The summed E-state index contributed by atoms with van der Waals surface area (Å²) in [5.41, 5.74) is 1.37. The fourth-order valence-electron chi connectivity index (χ4n) is 4.65. The maximum atomic E-state index is 12.0. The summed E-state index contributed by atoms with van der Waals surface area (Å²) < 4.78 is 0. The Morgan fingerprint density at radius 3 is 2.52 bits per heavy atom. The molecule has 3 aliphatic rings. The zero-order valence-corrected chi connectivity index (χ0v) is 13.8. The second-order valence-corrected chi connectivity index (χ2v) is 7.44. The molecule has 3 fully saturated rings. The Morgan fingerprint density at radius 2 is 1.96 bits per heavy atom. The molecule has 2 aliphatic heterocycles. The molecule has 4 heteroatoms. The highest BCUT2D eigenvalue weighted by Gasteiger charge is 2.66. The number of likely N-dealkylation sites (tertiary alicyclic amines) is 2. The molecule has 0 bridgehead atoms. The van der Waals surface area contributed by atoms with Gasteiger partial charge in [-0.2, -0.15) is 0 Å². The smallest absolute Gasteiger partial charge is 0.222 e. The minimum Gasteiger partial charge on any atom is -0.395 e. The van der Waals surface area contributed by atoms with Crippen LogP contribution in [0, 0.1) is 5.92 Å². The van der Waals surface area contributed by atoms with Crippen molar-refractivity contribution >= 4 is 5.91 Å². The maximum Gasteiger partial charge on any atom is 0.222 e. The first-order valence-electron chi connectivity index (χ1n) is 8.90. The molecule has 1 saturated carbocycles. The van der Waals surface area contributed by atoms with Crippen LogP contribution in [0.15, 0.2) is 30.3 Å². The Morgan fingerprint density at radius 1 is 1.26 bits per heavy atom. The summed E-state index contributed by atoms with van der Waals surface area (Å²) >= 11 is 0. The Balaban J connectivity index is 1.60. The van der Waals surface area contributed by atoms with Crippen molar-refractivity contribution in [3.05, 3.63) is 35.9 Å². The molecule has 0 unspecified atom stereocenters. The van der Waals surface area contributed by atoms with E-state index in [0.717, 1.165) is 25.6 Å². The van der Waals surface area contributed by atoms with Gasteiger partial charge in [-0.15, -0.1) is 0 Å². The number of amides is 1. The molecule has 124 valence electrons. The first kappa shape index (κ1) is 15.2. The van der Waals surface area contributed by atoms with Gasteiger partial charge in [0.05, 0.1) is 12.1 Å². The molecule has 1 aromatic rings. The van der Waals surface area contributed by atoms with Gasteiger partial charge in [0.2, 0.25) is 5.91 Å². The lowest BCUT2D eigenvalue weighted by Gasteiger charge is -2.71. The third kappa shape index (κ3) is 2.31. The summed E-state index contributed by atoms with van der Waals surface area (Å²) in [6.45, 7) is 4.87. The number of carbonyl (C=O) groups is 1. The Labute approximate surface area is 138 Å². The van der Waals surface area contributed by atoms with E-state index in [2.05, 4.69) is 29.2 Å². The lowest BCUT2D eigenvalue weighted by Crippen LogP contribution is -2.85. The fourth-order valence-corrected chi connectivity index (χ4v) is 4.65. The summed E-state index contributed by atoms with van der Waals surface area (Å²) in [6.07, 6.45) is 3.22. The highest BCUT2D eigenvalue weighted by atomic mass is 16.3. The zero-order chi connectivity index (χ0) is 16.0. The lowest BCUT2D eigenvalue weighted by atomic mass is 9.60. The molecule has 2 saturated heterocycles. The summed E-state index contributed by atoms with van der Waals surface area (Å²) in [7, 11) is 0. The van der Waals surface area contributed by atoms with Gasteiger partial charge in [0, 0.05) is 38.0 Å². The second kappa shape index (κ2) is 5.60. The van der Waals surface area contributed by atoms with Gasteiger partial charge >= 0.3 is 0 Å². The summed E-state index contributed by atoms with van der Waals surface area (Å²) in [6, 6.07) is 10.8. The lowest BCUT2D eigenvalue weighted by molar-refractivity contribution is -0.197. The van der Waals surface area contributed by atoms with Crippen molar-refractivity contribution in [2.45, 2.75) is 43.7 Å². The first-order chi connectivity index (χ1) is 11.2. The van der Waals surface area contributed by atoms with Gasteiger partial charge in [-0.1, -0.05) is 37.3 Å². The zero-order valence-electron chi connectivity index (χ0n) is 13.8. The van der Waals surface area contributed by atoms with E-state index in [1.54, 1.807) is 0 Å². The number of hydrogen-bond donors (Lipinski definition) is 1. The van der Waals surface area contributed by atoms with E-state index in [1.807, 2.05) is 17.9 Å². The molecule has 1 N–H and O–H groups in total. The Hall–Kier alpha value is -1.39. The van der Waals surface area contributed by atoms with E-state index < -0.39 is 0 Å². The number of carbonyl (C=O) groups excluding carboxylic acids is 1. The second-order valence-electron chi connectivity index (χ2n) is 7.44. The van der Waals surface area contributed by atoms with Gasteiger partial charge < -0.3 is 10.0 Å². The van der Waals surface area contributed by atoms with E-state index >= 15 is 0 Å². The van der Waals surface area contributed by atoms with Crippen LogP contribution in [0.1, 0.15) is 37.7 Å². The van der Waals surface area contributed by atoms with E-state index in [9.17, 15) is 9.90 Å². The van der Waals surface area contributed by atoms with Gasteiger partial charge in [0.15, 0.2) is 0 Å². The fraction of sp³-hybridized carbons (Fsp3) is 0.632. The number of rotatable bonds is 5. The molecule has 2 atom stereocenters. The molecule has 4 nitrogen and oxygen atoms in total. The number of aliphatic hydroxyl groups is 1. The first-order valence-corrected chi connectivity index (χ1v) is 8.90. The highest BCUT2D eigenvalue weighted by molar-refractivity contribution is 5.77. The van der Waals surface area contributed by atoms with Crippen molar-refractivity contribution in [2.24, 2.45) is 5.92 Å². The van der Waals surface area contributed by atoms with Crippen LogP contribution in [0.25, 0.3) is 0 Å². The Kier molecular flexibility index (Phi) is 3.69. The van der Waals surface area contributed by atoms with Crippen molar-refractivity contribution < 1.29 is 9.90 Å². The highest BCUT2D eigenvalue weighted by Crippen LogP contribution is 2.55. The molecule has 1 amide bonds. The number of hydrogen-bond acceptors (Lipinski definition) is 3. The van der Waals surface area contributed by atoms with Crippen LogP contribution in [-0.2, 0) is 4.79 Å². The number of aliphatic hydroxyl groups excluding tert-OH is 1. The van der Waals surface area contributed by atoms with Crippen molar-refractivity contribution in [3.8, 4) is 0 Å². The average molecular weight is 314 g/mol. The van der Waals surface area contributed by atoms with E-state index in [4.69, 9.17) is 0 Å². The third-order valence-corrected chi connectivity index (χ3v) is 6.02. The number of nitrogens with zero attached hydrogens (tertiary/aromatic N) is 2. The van der Waals surface area contributed by atoms with Gasteiger partial charge in [-0.3, -0.25) is 9.69 Å². The molecule has 0 radical (unpaired) electrons. The molecule has 23 heavy (non-hydrogen) atoms. The van der Waals surface area contributed by atoms with Crippen molar-refractivity contribution in [2.75, 3.05) is 26.2 Å². The molecule has 2 heterocycles. The van der Waals surface area contributed by atoms with Crippen LogP contribution in [0.4, 0.5) is 0 Å². The molecule has 4 rings (SSSR count). The molecule has 0 aromatic heterocycles. The van der Waals surface area contributed by atoms with Crippen LogP contribution < -0.4 is 0 Å². The van der Waals surface area contributed by atoms with Crippen molar-refractivity contribution in [1.29, 1.82) is 0 Å². The van der Waals surface area contributed by atoms with E-state index in [1.165, 1.54) is 18.4 Å². The quantitative estimate of drug-likeness (QED) is 0.902. The standard InChI is InChI=1S/C19H26N2O2/c1-2-17(23)20-12-19(13-20)18(15-6-4-3-5-7-15)16(11-22)21(19)10-14-8-9-14/h3-7,14,16,18,22H,2,8-13H2,1H3/t16-,18-/m1/s1. The van der Waals surface area contributed by atoms with Crippen LogP contribution >= 0.6 is 0 Å². The minimum atomic E-state index is 0.0577. The molecular weight excluding hydrogens is 288 g/mol. The van der Waals surface area contributed by atoms with Gasteiger partial charge in [-0.05, 0) is 24.3 Å². The van der Waals surface area contributed by atoms with E-state index in [-0.39, 0.29) is 24.1 Å². The van der Waals surface area contributed by atoms with Crippen LogP contribution in [-0.4, -0.2) is 58.6 Å². The Bertz CT molecular complexity index is 578. The van der Waals surface area contributed by atoms with Crippen molar-refractivity contribution in [3.63, 3.8) is 0 Å². The molecular formula is C19H26N2O2. The summed E-state index contributed by atoms with van der Waals surface area (Å²) in [4.78, 5) is 16.5. The topological polar surface area (TPSA) is 43.8 Å². The van der Waals surface area contributed by atoms with Crippen molar-refractivity contribution in [1.82, 2.24) is 9.80 Å². The molecule has 1 spiro atoms. The predicted octanol–water partition coefficient (Wildman–Crippen LogP) is 1.85. The van der Waals surface area contributed by atoms with Crippen LogP contribution in [0.2, 0.25) is 0 Å². The van der Waals surface area contributed by atoms with E-state index in [0.29, 0.717) is 12.3 Å².